The summed E-state index contributed by atoms with van der Waals surface area (Å²) in [4.78, 5) is 29.8. The molecule has 1 fully saturated rings. The first-order valence-electron chi connectivity index (χ1n) is 13.4. The van der Waals surface area contributed by atoms with Crippen LogP contribution in [-0.2, 0) is 11.3 Å². The van der Waals surface area contributed by atoms with Gasteiger partial charge in [0.05, 0.1) is 17.0 Å². The Bertz CT molecular complexity index is 1690. The highest BCUT2D eigenvalue weighted by Crippen LogP contribution is 2.40. The van der Waals surface area contributed by atoms with Crippen LogP contribution in [0.4, 0.5) is 4.79 Å². The molecule has 1 aliphatic carbocycles. The van der Waals surface area contributed by atoms with Crippen molar-refractivity contribution < 1.29 is 19.4 Å². The molecular weight excluding hydrogens is 502 g/mol. The Morgan fingerprint density at radius 2 is 1.70 bits per heavy atom. The standard InChI is InChI=1S/C33H29N3O4/c1-21-11-18-29(36-20-28(24-14-15-24)35-31(21)36)30(40-33(39)34-19-22-7-3-2-4-8-22)25-16-12-23(13-17-25)26-9-5-6-10-27(26)32(37)38/h2-13,16-18,20,24,30H,14-15,19H2,1H3,(H,34,39)(H,37,38)/t30-/m1/s1. The van der Waals surface area contributed by atoms with Crippen molar-refractivity contribution in [2.75, 3.05) is 0 Å². The van der Waals surface area contributed by atoms with E-state index in [1.54, 1.807) is 18.2 Å². The minimum atomic E-state index is -0.982. The predicted octanol–water partition coefficient (Wildman–Crippen LogP) is 6.90. The Balaban J connectivity index is 1.36. The second-order valence-electron chi connectivity index (χ2n) is 10.2. The minimum absolute atomic E-state index is 0.231. The molecular formula is C33H29N3O4. The summed E-state index contributed by atoms with van der Waals surface area (Å²) in [7, 11) is 0. The topological polar surface area (TPSA) is 92.9 Å². The molecule has 1 atom stereocenters. The van der Waals surface area contributed by atoms with Crippen molar-refractivity contribution in [1.82, 2.24) is 14.7 Å². The number of alkyl carbamates (subject to hydrolysis) is 1. The first-order chi connectivity index (χ1) is 19.5. The van der Waals surface area contributed by atoms with Crippen LogP contribution in [-0.4, -0.2) is 26.6 Å². The maximum absolute atomic E-state index is 13.1. The average Bonchev–Trinajstić information content (AvgIpc) is 3.74. The number of benzene rings is 3. The normalized spacial score (nSPS) is 13.6. The molecule has 200 valence electrons. The van der Waals surface area contributed by atoms with Gasteiger partial charge in [0.25, 0.3) is 0 Å². The fraction of sp³-hybridized carbons (Fsp3) is 0.182. The number of nitrogens with one attached hydrogen (secondary N) is 1. The molecule has 1 saturated carbocycles. The van der Waals surface area contributed by atoms with Gasteiger partial charge in [0.15, 0.2) is 6.10 Å². The van der Waals surface area contributed by atoms with Crippen molar-refractivity contribution in [1.29, 1.82) is 0 Å². The average molecular weight is 532 g/mol. The number of carbonyl (C=O) groups excluding carboxylic acids is 1. The molecule has 2 aromatic heterocycles. The SMILES string of the molecule is Cc1ccc([C@H](OC(=O)NCc2ccccc2)c2ccc(-c3ccccc3C(=O)O)cc2)n2cc(C3CC3)nc12. The fourth-order valence-electron chi connectivity index (χ4n) is 5.00. The number of imidazole rings is 1. The lowest BCUT2D eigenvalue weighted by Crippen LogP contribution is -2.26. The van der Waals surface area contributed by atoms with Crippen LogP contribution in [0.3, 0.4) is 0 Å². The lowest BCUT2D eigenvalue weighted by Gasteiger charge is -2.21. The number of fused-ring (bicyclic) bond motifs is 1. The molecule has 1 aliphatic rings. The van der Waals surface area contributed by atoms with Crippen molar-refractivity contribution in [3.8, 4) is 11.1 Å². The molecule has 5 aromatic rings. The van der Waals surface area contributed by atoms with Gasteiger partial charge in [-0.15, -0.1) is 0 Å². The van der Waals surface area contributed by atoms with Crippen LogP contribution >= 0.6 is 0 Å². The summed E-state index contributed by atoms with van der Waals surface area (Å²) in [6, 6.07) is 28.1. The van der Waals surface area contributed by atoms with E-state index in [4.69, 9.17) is 9.72 Å². The minimum Gasteiger partial charge on any atom is -0.478 e. The number of hydrogen-bond acceptors (Lipinski definition) is 4. The number of aromatic carboxylic acids is 1. The number of amides is 1. The summed E-state index contributed by atoms with van der Waals surface area (Å²) in [5, 5.41) is 12.5. The van der Waals surface area contributed by atoms with E-state index in [0.29, 0.717) is 18.0 Å². The molecule has 40 heavy (non-hydrogen) atoms. The highest BCUT2D eigenvalue weighted by atomic mass is 16.6. The van der Waals surface area contributed by atoms with Gasteiger partial charge in [-0.05, 0) is 59.7 Å². The van der Waals surface area contributed by atoms with Crippen molar-refractivity contribution in [3.63, 3.8) is 0 Å². The molecule has 0 spiro atoms. The maximum Gasteiger partial charge on any atom is 0.408 e. The number of carboxylic acids is 1. The number of nitrogens with zero attached hydrogens (tertiary/aromatic N) is 2. The zero-order valence-corrected chi connectivity index (χ0v) is 22.1. The van der Waals surface area contributed by atoms with Gasteiger partial charge < -0.3 is 15.2 Å². The maximum atomic E-state index is 13.1. The van der Waals surface area contributed by atoms with E-state index in [2.05, 4.69) is 11.5 Å². The zero-order valence-electron chi connectivity index (χ0n) is 22.1. The predicted molar refractivity (Wildman–Crippen MR) is 152 cm³/mol. The van der Waals surface area contributed by atoms with Crippen LogP contribution in [0, 0.1) is 6.92 Å². The number of carbonyl (C=O) groups is 2. The van der Waals surface area contributed by atoms with Gasteiger partial charge in [-0.2, -0.15) is 0 Å². The molecule has 7 heteroatoms. The van der Waals surface area contributed by atoms with Gasteiger partial charge in [0.1, 0.15) is 5.65 Å². The van der Waals surface area contributed by atoms with E-state index in [-0.39, 0.29) is 5.56 Å². The Labute approximate surface area is 232 Å². The van der Waals surface area contributed by atoms with Gasteiger partial charge in [-0.3, -0.25) is 4.40 Å². The molecule has 7 nitrogen and oxygen atoms in total. The number of ether oxygens (including phenoxy) is 1. The van der Waals surface area contributed by atoms with Crippen molar-refractivity contribution in [2.45, 2.75) is 38.3 Å². The highest BCUT2D eigenvalue weighted by Gasteiger charge is 2.29. The van der Waals surface area contributed by atoms with Crippen LogP contribution in [0.1, 0.15) is 63.3 Å². The van der Waals surface area contributed by atoms with E-state index in [1.165, 1.54) is 0 Å². The third-order valence-electron chi connectivity index (χ3n) is 7.31. The lowest BCUT2D eigenvalue weighted by atomic mass is 9.97. The highest BCUT2D eigenvalue weighted by molar-refractivity contribution is 5.96. The first-order valence-corrected chi connectivity index (χ1v) is 13.4. The summed E-state index contributed by atoms with van der Waals surface area (Å²) < 4.78 is 8.13. The summed E-state index contributed by atoms with van der Waals surface area (Å²) >= 11 is 0. The van der Waals surface area contributed by atoms with Crippen LogP contribution < -0.4 is 5.32 Å². The van der Waals surface area contributed by atoms with Crippen LogP contribution in [0.5, 0.6) is 0 Å². The summed E-state index contributed by atoms with van der Waals surface area (Å²) in [5.41, 5.74) is 7.10. The molecule has 6 rings (SSSR count). The molecule has 2 heterocycles. The third-order valence-corrected chi connectivity index (χ3v) is 7.31. The second kappa shape index (κ2) is 10.7. The number of aryl methyl sites for hydroxylation is 1. The van der Waals surface area contributed by atoms with E-state index in [0.717, 1.165) is 52.1 Å². The van der Waals surface area contributed by atoms with E-state index < -0.39 is 18.2 Å². The number of pyridine rings is 1. The summed E-state index contributed by atoms with van der Waals surface area (Å²) in [5.74, 6) is -0.501. The summed E-state index contributed by atoms with van der Waals surface area (Å²) in [6.45, 7) is 2.37. The molecule has 0 radical (unpaired) electrons. The largest absolute Gasteiger partial charge is 0.478 e. The number of hydrogen-bond donors (Lipinski definition) is 2. The zero-order chi connectivity index (χ0) is 27.6. The van der Waals surface area contributed by atoms with Gasteiger partial charge >= 0.3 is 12.1 Å². The molecule has 0 unspecified atom stereocenters. The molecule has 2 N–H and O–H groups in total. The van der Waals surface area contributed by atoms with Crippen LogP contribution in [0.2, 0.25) is 0 Å². The van der Waals surface area contributed by atoms with Gasteiger partial charge in [0.2, 0.25) is 0 Å². The Morgan fingerprint density at radius 1 is 0.975 bits per heavy atom. The number of carboxylic acid groups (broad SMARTS) is 1. The molecule has 3 aromatic carbocycles. The van der Waals surface area contributed by atoms with Gasteiger partial charge in [-0.25, -0.2) is 14.6 Å². The summed E-state index contributed by atoms with van der Waals surface area (Å²) in [6.07, 6.45) is 3.08. The number of aromatic nitrogens is 2. The van der Waals surface area contributed by atoms with Crippen molar-refractivity contribution in [2.24, 2.45) is 0 Å². The Morgan fingerprint density at radius 3 is 2.42 bits per heavy atom. The quantitative estimate of drug-likeness (QED) is 0.227. The molecule has 0 saturated heterocycles. The van der Waals surface area contributed by atoms with E-state index in [1.807, 2.05) is 84.1 Å². The fourth-order valence-corrected chi connectivity index (χ4v) is 5.00. The first kappa shape index (κ1) is 25.4. The van der Waals surface area contributed by atoms with Crippen molar-refractivity contribution >= 4 is 17.7 Å². The van der Waals surface area contributed by atoms with E-state index >= 15 is 0 Å². The van der Waals surface area contributed by atoms with Crippen molar-refractivity contribution in [3.05, 3.63) is 131 Å². The number of rotatable bonds is 8. The Kier molecular flexibility index (Phi) is 6.78. The van der Waals surface area contributed by atoms with Crippen LogP contribution in [0.15, 0.2) is 97.2 Å². The lowest BCUT2D eigenvalue weighted by molar-refractivity contribution is 0.0697. The van der Waals surface area contributed by atoms with Gasteiger partial charge in [0, 0.05) is 18.7 Å². The van der Waals surface area contributed by atoms with Gasteiger partial charge in [-0.1, -0.05) is 78.9 Å². The third kappa shape index (κ3) is 5.18. The molecule has 1 amide bonds. The smallest absolute Gasteiger partial charge is 0.408 e. The molecule has 0 aliphatic heterocycles. The van der Waals surface area contributed by atoms with E-state index in [9.17, 15) is 14.7 Å². The van der Waals surface area contributed by atoms with Crippen LogP contribution in [0.25, 0.3) is 16.8 Å². The second-order valence-corrected chi connectivity index (χ2v) is 10.2. The Hall–Kier alpha value is -4.91. The monoisotopic (exact) mass is 531 g/mol. The molecule has 0 bridgehead atoms.